The Labute approximate surface area is 111 Å². The topological polar surface area (TPSA) is 36.4 Å². The Morgan fingerprint density at radius 1 is 1.28 bits per heavy atom. The second kappa shape index (κ2) is 5.08. The second-order valence-corrected chi connectivity index (χ2v) is 5.65. The van der Waals surface area contributed by atoms with Gasteiger partial charge in [0.25, 0.3) is 0 Å². The van der Waals surface area contributed by atoms with Crippen LogP contribution in [0.2, 0.25) is 0 Å². The number of anilines is 1. The van der Waals surface area contributed by atoms with Crippen LogP contribution in [0.3, 0.4) is 0 Å². The highest BCUT2D eigenvalue weighted by Gasteiger charge is 2.16. The fourth-order valence-electron chi connectivity index (χ4n) is 2.38. The molecule has 0 bridgehead atoms. The fraction of sp³-hybridized carbons (Fsp3) is 0.357. The van der Waals surface area contributed by atoms with Crippen LogP contribution in [-0.2, 0) is 19.6 Å². The van der Waals surface area contributed by atoms with Crippen LogP contribution >= 0.6 is 11.3 Å². The van der Waals surface area contributed by atoms with Gasteiger partial charge < -0.3 is 10.0 Å². The molecule has 94 valence electrons. The van der Waals surface area contributed by atoms with E-state index in [-0.39, 0.29) is 6.61 Å². The van der Waals surface area contributed by atoms with Crippen LogP contribution in [-0.4, -0.2) is 16.6 Å². The van der Waals surface area contributed by atoms with Crippen molar-refractivity contribution in [2.24, 2.45) is 0 Å². The third-order valence-corrected chi connectivity index (χ3v) is 4.36. The molecule has 1 aliphatic rings. The maximum atomic E-state index is 9.11. The molecule has 2 heterocycles. The maximum absolute atomic E-state index is 9.11. The molecule has 2 aromatic rings. The summed E-state index contributed by atoms with van der Waals surface area (Å²) in [6.07, 6.45) is 4.08. The van der Waals surface area contributed by atoms with E-state index in [9.17, 15) is 0 Å². The summed E-state index contributed by atoms with van der Waals surface area (Å²) in [7, 11) is 0. The van der Waals surface area contributed by atoms with Gasteiger partial charge in [0, 0.05) is 19.3 Å². The van der Waals surface area contributed by atoms with Crippen LogP contribution in [0, 0.1) is 0 Å². The first-order chi connectivity index (χ1) is 8.86. The summed E-state index contributed by atoms with van der Waals surface area (Å²) in [5.41, 5.74) is 2.86. The molecule has 18 heavy (non-hydrogen) atoms. The van der Waals surface area contributed by atoms with E-state index in [0.717, 1.165) is 35.9 Å². The minimum Gasteiger partial charge on any atom is -0.391 e. The molecule has 1 aromatic carbocycles. The van der Waals surface area contributed by atoms with Gasteiger partial charge in [0.15, 0.2) is 5.13 Å². The average Bonchev–Trinajstić information content (AvgIpc) is 2.78. The number of benzene rings is 1. The molecule has 1 N–H and O–H groups in total. The molecule has 0 spiro atoms. The zero-order valence-electron chi connectivity index (χ0n) is 10.2. The standard InChI is InChI=1S/C14H16N2OS/c17-10-13-8-15-14(18-13)16-7-3-6-11-4-1-2-5-12(11)9-16/h1-2,4-5,8,17H,3,6-7,9-10H2. The maximum Gasteiger partial charge on any atom is 0.185 e. The van der Waals surface area contributed by atoms with Crippen molar-refractivity contribution in [2.45, 2.75) is 26.0 Å². The minimum absolute atomic E-state index is 0.0854. The van der Waals surface area contributed by atoms with Crippen molar-refractivity contribution in [3.05, 3.63) is 46.5 Å². The van der Waals surface area contributed by atoms with E-state index in [4.69, 9.17) is 5.11 Å². The predicted molar refractivity (Wildman–Crippen MR) is 73.8 cm³/mol. The predicted octanol–water partition coefficient (Wildman–Crippen LogP) is 2.59. The highest BCUT2D eigenvalue weighted by atomic mass is 32.1. The van der Waals surface area contributed by atoms with Crippen LogP contribution in [0.15, 0.2) is 30.5 Å². The van der Waals surface area contributed by atoms with Crippen molar-refractivity contribution in [1.29, 1.82) is 0 Å². The first-order valence-electron chi connectivity index (χ1n) is 6.24. The Balaban J connectivity index is 1.86. The Hall–Kier alpha value is -1.39. The van der Waals surface area contributed by atoms with Gasteiger partial charge in [-0.2, -0.15) is 0 Å². The normalized spacial score (nSPS) is 15.3. The van der Waals surface area contributed by atoms with Crippen LogP contribution in [0.4, 0.5) is 5.13 Å². The molecule has 0 amide bonds. The Morgan fingerprint density at radius 3 is 2.89 bits per heavy atom. The summed E-state index contributed by atoms with van der Waals surface area (Å²) in [6.45, 7) is 2.05. The van der Waals surface area contributed by atoms with Crippen molar-refractivity contribution in [3.63, 3.8) is 0 Å². The van der Waals surface area contributed by atoms with Crippen LogP contribution < -0.4 is 4.90 Å². The van der Waals surface area contributed by atoms with Gasteiger partial charge in [-0.3, -0.25) is 0 Å². The summed E-state index contributed by atoms with van der Waals surface area (Å²) in [5.74, 6) is 0. The van der Waals surface area contributed by atoms with Gasteiger partial charge in [-0.1, -0.05) is 35.6 Å². The molecule has 1 aromatic heterocycles. The molecule has 4 heteroatoms. The Bertz CT molecular complexity index is 538. The summed E-state index contributed by atoms with van der Waals surface area (Å²) >= 11 is 1.59. The van der Waals surface area contributed by atoms with E-state index in [2.05, 4.69) is 34.1 Å². The lowest BCUT2D eigenvalue weighted by molar-refractivity contribution is 0.285. The number of rotatable bonds is 2. The number of hydrogen-bond donors (Lipinski definition) is 1. The molecule has 3 rings (SSSR count). The van der Waals surface area contributed by atoms with E-state index in [1.165, 1.54) is 11.1 Å². The Morgan fingerprint density at radius 2 is 2.11 bits per heavy atom. The first kappa shape index (κ1) is 11.7. The lowest BCUT2D eigenvalue weighted by Crippen LogP contribution is -2.22. The van der Waals surface area contributed by atoms with Gasteiger partial charge in [0.2, 0.25) is 0 Å². The van der Waals surface area contributed by atoms with Crippen molar-refractivity contribution < 1.29 is 5.11 Å². The summed E-state index contributed by atoms with van der Waals surface area (Å²) in [6, 6.07) is 8.64. The summed E-state index contributed by atoms with van der Waals surface area (Å²) < 4.78 is 0. The van der Waals surface area contributed by atoms with E-state index >= 15 is 0 Å². The molecule has 0 saturated carbocycles. The number of aliphatic hydroxyl groups is 1. The third kappa shape index (κ3) is 2.26. The lowest BCUT2D eigenvalue weighted by Gasteiger charge is -2.19. The largest absolute Gasteiger partial charge is 0.391 e. The van der Waals surface area contributed by atoms with Gasteiger partial charge >= 0.3 is 0 Å². The van der Waals surface area contributed by atoms with E-state index < -0.39 is 0 Å². The van der Waals surface area contributed by atoms with E-state index in [0.29, 0.717) is 0 Å². The molecular formula is C14H16N2OS. The summed E-state index contributed by atoms with van der Waals surface area (Å²) in [4.78, 5) is 7.66. The van der Waals surface area contributed by atoms with Crippen LogP contribution in [0.25, 0.3) is 0 Å². The molecule has 0 atom stereocenters. The molecule has 0 aliphatic carbocycles. The van der Waals surface area contributed by atoms with Crippen molar-refractivity contribution in [1.82, 2.24) is 4.98 Å². The molecule has 1 aliphatic heterocycles. The number of hydrogen-bond acceptors (Lipinski definition) is 4. The van der Waals surface area contributed by atoms with Gasteiger partial charge in [0.05, 0.1) is 11.5 Å². The second-order valence-electron chi connectivity index (χ2n) is 4.56. The van der Waals surface area contributed by atoms with Crippen molar-refractivity contribution >= 4 is 16.5 Å². The number of aliphatic hydroxyl groups excluding tert-OH is 1. The quantitative estimate of drug-likeness (QED) is 0.901. The first-order valence-corrected chi connectivity index (χ1v) is 7.06. The van der Waals surface area contributed by atoms with Gasteiger partial charge in [-0.05, 0) is 24.0 Å². The molecule has 0 unspecified atom stereocenters. The average molecular weight is 260 g/mol. The zero-order chi connectivity index (χ0) is 12.4. The van der Waals surface area contributed by atoms with Crippen LogP contribution in [0.1, 0.15) is 22.4 Å². The van der Waals surface area contributed by atoms with Gasteiger partial charge in [-0.25, -0.2) is 4.98 Å². The fourth-order valence-corrected chi connectivity index (χ4v) is 3.18. The molecule has 0 radical (unpaired) electrons. The molecular weight excluding hydrogens is 244 g/mol. The van der Waals surface area contributed by atoms with Gasteiger partial charge in [-0.15, -0.1) is 0 Å². The molecule has 0 saturated heterocycles. The number of fused-ring (bicyclic) bond motifs is 1. The SMILES string of the molecule is OCc1cnc(N2CCCc3ccccc3C2)s1. The highest BCUT2D eigenvalue weighted by molar-refractivity contribution is 7.15. The van der Waals surface area contributed by atoms with Crippen molar-refractivity contribution in [2.75, 3.05) is 11.4 Å². The van der Waals surface area contributed by atoms with E-state index in [1.54, 1.807) is 17.5 Å². The monoisotopic (exact) mass is 260 g/mol. The van der Waals surface area contributed by atoms with Gasteiger partial charge in [0.1, 0.15) is 0 Å². The van der Waals surface area contributed by atoms with E-state index in [1.807, 2.05) is 0 Å². The minimum atomic E-state index is 0.0854. The Kier molecular flexibility index (Phi) is 3.30. The zero-order valence-corrected chi connectivity index (χ0v) is 11.0. The smallest absolute Gasteiger partial charge is 0.185 e. The number of nitrogens with zero attached hydrogens (tertiary/aromatic N) is 2. The third-order valence-electron chi connectivity index (χ3n) is 3.32. The molecule has 3 nitrogen and oxygen atoms in total. The number of thiazole rings is 1. The van der Waals surface area contributed by atoms with Crippen molar-refractivity contribution in [3.8, 4) is 0 Å². The number of aromatic nitrogens is 1. The number of aryl methyl sites for hydroxylation is 1. The summed E-state index contributed by atoms with van der Waals surface area (Å²) in [5, 5.41) is 10.1. The van der Waals surface area contributed by atoms with Crippen LogP contribution in [0.5, 0.6) is 0 Å². The highest BCUT2D eigenvalue weighted by Crippen LogP contribution is 2.27. The molecule has 0 fully saturated rings. The lowest BCUT2D eigenvalue weighted by atomic mass is 10.0.